The molecule has 2 aromatic rings. The van der Waals surface area contributed by atoms with Crippen LogP contribution in [0.5, 0.6) is 5.75 Å². The average molecular weight is 369 g/mol. The van der Waals surface area contributed by atoms with Gasteiger partial charge in [0.1, 0.15) is 5.75 Å². The van der Waals surface area contributed by atoms with Crippen LogP contribution in [0.3, 0.4) is 0 Å². The van der Waals surface area contributed by atoms with Gasteiger partial charge in [0.05, 0.1) is 13.2 Å². The summed E-state index contributed by atoms with van der Waals surface area (Å²) in [6.07, 6.45) is 2.47. The summed E-state index contributed by atoms with van der Waals surface area (Å²) in [7, 11) is 1.69. The predicted molar refractivity (Wildman–Crippen MR) is 105 cm³/mol. The molecule has 0 saturated carbocycles. The van der Waals surface area contributed by atoms with Crippen molar-refractivity contribution in [2.24, 2.45) is 5.73 Å². The van der Waals surface area contributed by atoms with E-state index in [1.807, 2.05) is 12.1 Å². The molecule has 1 aliphatic heterocycles. The van der Waals surface area contributed by atoms with E-state index in [2.05, 4.69) is 35.2 Å². The Kier molecular flexibility index (Phi) is 5.86. The molecule has 27 heavy (non-hydrogen) atoms. The van der Waals surface area contributed by atoms with E-state index in [-0.39, 0.29) is 6.04 Å². The lowest BCUT2D eigenvalue weighted by Gasteiger charge is -2.21. The summed E-state index contributed by atoms with van der Waals surface area (Å²) in [6, 6.07) is 13.6. The molecule has 0 radical (unpaired) electrons. The Morgan fingerprint density at radius 1 is 1.30 bits per heavy atom. The number of primary amides is 1. The molecular formula is C21H27N3O3. The average Bonchev–Trinajstić information content (AvgIpc) is 3.07. The van der Waals surface area contributed by atoms with Crippen LogP contribution in [0.15, 0.2) is 42.5 Å². The summed E-state index contributed by atoms with van der Waals surface area (Å²) in [5, 5.41) is 10.2. The number of nitrogens with zero attached hydrogens (tertiary/aromatic N) is 2. The first kappa shape index (κ1) is 19.0. The zero-order valence-corrected chi connectivity index (χ0v) is 15.9. The van der Waals surface area contributed by atoms with E-state index in [0.29, 0.717) is 11.5 Å². The maximum atomic E-state index is 11.0. The van der Waals surface area contributed by atoms with Crippen molar-refractivity contribution in [2.75, 3.05) is 18.6 Å². The Bertz CT molecular complexity index is 809. The van der Waals surface area contributed by atoms with Gasteiger partial charge in [0.25, 0.3) is 0 Å². The van der Waals surface area contributed by atoms with Crippen molar-refractivity contribution in [1.29, 1.82) is 0 Å². The van der Waals surface area contributed by atoms with E-state index in [1.54, 1.807) is 14.0 Å². The Labute approximate surface area is 160 Å². The SMILES string of the molecule is COc1cccc(CN2CCc3cc(CCC(C)N(O)C(N)=O)ccc32)c1. The summed E-state index contributed by atoms with van der Waals surface area (Å²) >= 11 is 0. The van der Waals surface area contributed by atoms with Gasteiger partial charge in [0, 0.05) is 18.8 Å². The Morgan fingerprint density at radius 2 is 2.11 bits per heavy atom. The molecule has 3 rings (SSSR count). The molecule has 144 valence electrons. The minimum absolute atomic E-state index is 0.305. The molecule has 3 N–H and O–H groups in total. The van der Waals surface area contributed by atoms with E-state index < -0.39 is 6.03 Å². The van der Waals surface area contributed by atoms with Gasteiger partial charge in [-0.2, -0.15) is 0 Å². The maximum absolute atomic E-state index is 11.0. The van der Waals surface area contributed by atoms with Crippen molar-refractivity contribution in [3.63, 3.8) is 0 Å². The highest BCUT2D eigenvalue weighted by Gasteiger charge is 2.20. The van der Waals surface area contributed by atoms with Crippen LogP contribution in [0.1, 0.15) is 30.0 Å². The molecule has 1 aliphatic rings. The normalized spacial score (nSPS) is 14.0. The lowest BCUT2D eigenvalue weighted by Crippen LogP contribution is -2.39. The summed E-state index contributed by atoms with van der Waals surface area (Å²) in [5.41, 5.74) is 10.2. The smallest absolute Gasteiger partial charge is 0.338 e. The molecule has 0 fully saturated rings. The van der Waals surface area contributed by atoms with Crippen molar-refractivity contribution in [1.82, 2.24) is 5.06 Å². The number of carbonyl (C=O) groups excluding carboxylic acids is 1. The molecule has 1 atom stereocenters. The predicted octanol–water partition coefficient (Wildman–Crippen LogP) is 3.35. The van der Waals surface area contributed by atoms with Gasteiger partial charge in [-0.3, -0.25) is 5.21 Å². The summed E-state index contributed by atoms with van der Waals surface area (Å²) < 4.78 is 5.31. The topological polar surface area (TPSA) is 79.0 Å². The van der Waals surface area contributed by atoms with Crippen molar-refractivity contribution in [3.05, 3.63) is 59.2 Å². The number of benzene rings is 2. The highest BCUT2D eigenvalue weighted by Crippen LogP contribution is 2.31. The second kappa shape index (κ2) is 8.31. The zero-order chi connectivity index (χ0) is 19.4. The van der Waals surface area contributed by atoms with E-state index in [0.717, 1.165) is 31.7 Å². The molecule has 6 heteroatoms. The van der Waals surface area contributed by atoms with E-state index in [4.69, 9.17) is 10.5 Å². The molecule has 0 aliphatic carbocycles. The van der Waals surface area contributed by atoms with Crippen LogP contribution in [-0.2, 0) is 19.4 Å². The van der Waals surface area contributed by atoms with Gasteiger partial charge in [-0.05, 0) is 61.1 Å². The molecule has 0 saturated heterocycles. The number of methoxy groups -OCH3 is 1. The van der Waals surface area contributed by atoms with Gasteiger partial charge in [0.2, 0.25) is 0 Å². The molecule has 0 bridgehead atoms. The van der Waals surface area contributed by atoms with Crippen LogP contribution in [0, 0.1) is 0 Å². The van der Waals surface area contributed by atoms with E-state index in [9.17, 15) is 10.0 Å². The standard InChI is InChI=1S/C21H27N3O3/c1-15(24(26)21(22)25)6-7-16-8-9-20-18(12-16)10-11-23(20)14-17-4-3-5-19(13-17)27-2/h3-5,8-9,12-13,15,26H,6-7,10-11,14H2,1-2H3,(H2,22,25). The number of urea groups is 1. The fraction of sp³-hybridized carbons (Fsp3) is 0.381. The highest BCUT2D eigenvalue weighted by atomic mass is 16.5. The third-order valence-corrected chi connectivity index (χ3v) is 5.14. The molecule has 1 unspecified atom stereocenters. The van der Waals surface area contributed by atoms with Gasteiger partial charge >= 0.3 is 6.03 Å². The first-order valence-electron chi connectivity index (χ1n) is 9.25. The Morgan fingerprint density at radius 3 is 2.85 bits per heavy atom. The van der Waals surface area contributed by atoms with Gasteiger partial charge in [-0.15, -0.1) is 0 Å². The third-order valence-electron chi connectivity index (χ3n) is 5.14. The first-order chi connectivity index (χ1) is 13.0. The fourth-order valence-electron chi connectivity index (χ4n) is 3.55. The van der Waals surface area contributed by atoms with Gasteiger partial charge in [0.15, 0.2) is 0 Å². The molecule has 0 spiro atoms. The van der Waals surface area contributed by atoms with Crippen LogP contribution in [0.2, 0.25) is 0 Å². The molecular weight excluding hydrogens is 342 g/mol. The number of amides is 2. The number of carbonyl (C=O) groups is 1. The van der Waals surface area contributed by atoms with E-state index >= 15 is 0 Å². The van der Waals surface area contributed by atoms with Crippen molar-refractivity contribution >= 4 is 11.7 Å². The van der Waals surface area contributed by atoms with Crippen LogP contribution >= 0.6 is 0 Å². The second-order valence-corrected chi connectivity index (χ2v) is 7.06. The minimum atomic E-state index is -0.815. The van der Waals surface area contributed by atoms with Crippen LogP contribution in [0.4, 0.5) is 10.5 Å². The minimum Gasteiger partial charge on any atom is -0.497 e. The number of nitrogens with two attached hydrogens (primary N) is 1. The first-order valence-corrected chi connectivity index (χ1v) is 9.25. The number of anilines is 1. The lowest BCUT2D eigenvalue weighted by atomic mass is 10.0. The van der Waals surface area contributed by atoms with E-state index in [1.165, 1.54) is 22.4 Å². The summed E-state index contributed by atoms with van der Waals surface area (Å²) in [6.45, 7) is 3.64. The number of hydroxylamine groups is 2. The van der Waals surface area contributed by atoms with Crippen LogP contribution in [-0.4, -0.2) is 36.0 Å². The van der Waals surface area contributed by atoms with Gasteiger partial charge in [-0.1, -0.05) is 24.3 Å². The number of aryl methyl sites for hydroxylation is 1. The quantitative estimate of drug-likeness (QED) is 0.579. The number of hydrogen-bond donors (Lipinski definition) is 2. The van der Waals surface area contributed by atoms with Crippen LogP contribution in [0.25, 0.3) is 0 Å². The van der Waals surface area contributed by atoms with Crippen molar-refractivity contribution < 1.29 is 14.7 Å². The number of ether oxygens (including phenoxy) is 1. The Hall–Kier alpha value is -2.73. The summed E-state index contributed by atoms with van der Waals surface area (Å²) in [4.78, 5) is 13.4. The molecule has 1 heterocycles. The van der Waals surface area contributed by atoms with Crippen LogP contribution < -0.4 is 15.4 Å². The summed E-state index contributed by atoms with van der Waals surface area (Å²) in [5.74, 6) is 0.880. The Balaban J connectivity index is 1.64. The van der Waals surface area contributed by atoms with Gasteiger partial charge in [-0.25, -0.2) is 9.86 Å². The fourth-order valence-corrected chi connectivity index (χ4v) is 3.55. The highest BCUT2D eigenvalue weighted by molar-refractivity contribution is 5.70. The lowest BCUT2D eigenvalue weighted by molar-refractivity contribution is -0.0714. The molecule has 6 nitrogen and oxygen atoms in total. The second-order valence-electron chi connectivity index (χ2n) is 7.06. The monoisotopic (exact) mass is 369 g/mol. The maximum Gasteiger partial charge on any atom is 0.338 e. The van der Waals surface area contributed by atoms with Crippen molar-refractivity contribution in [3.8, 4) is 5.75 Å². The number of hydrogen-bond acceptors (Lipinski definition) is 4. The number of rotatable bonds is 7. The molecule has 2 amide bonds. The molecule has 0 aromatic heterocycles. The zero-order valence-electron chi connectivity index (χ0n) is 15.9. The van der Waals surface area contributed by atoms with Crippen molar-refractivity contribution in [2.45, 2.75) is 38.8 Å². The largest absolute Gasteiger partial charge is 0.497 e. The third kappa shape index (κ3) is 4.52. The van der Waals surface area contributed by atoms with Gasteiger partial charge < -0.3 is 15.4 Å². The number of fused-ring (bicyclic) bond motifs is 1. The molecule has 2 aromatic carbocycles.